The number of fused-ring (bicyclic) bond motifs is 1. The van der Waals surface area contributed by atoms with Crippen LogP contribution >= 0.6 is 0 Å². The van der Waals surface area contributed by atoms with Crippen LogP contribution in [0.3, 0.4) is 0 Å². The van der Waals surface area contributed by atoms with Crippen molar-refractivity contribution in [3.8, 4) is 17.2 Å². The highest BCUT2D eigenvalue weighted by Crippen LogP contribution is 2.26. The Morgan fingerprint density at radius 3 is 2.46 bits per heavy atom. The topological polar surface area (TPSA) is 105 Å². The van der Waals surface area contributed by atoms with Gasteiger partial charge in [0, 0.05) is 22.9 Å². The van der Waals surface area contributed by atoms with Crippen molar-refractivity contribution in [3.63, 3.8) is 0 Å². The third kappa shape index (κ3) is 4.73. The number of anilines is 2. The van der Waals surface area contributed by atoms with Gasteiger partial charge >= 0.3 is 6.03 Å². The number of urea groups is 1. The summed E-state index contributed by atoms with van der Waals surface area (Å²) < 4.78 is 1.48. The summed E-state index contributed by atoms with van der Waals surface area (Å²) in [4.78, 5) is 33.0. The lowest BCUT2D eigenvalue weighted by atomic mass is 9.87. The molecule has 1 aliphatic carbocycles. The van der Waals surface area contributed by atoms with Gasteiger partial charge in [-0.05, 0) is 42.4 Å². The van der Waals surface area contributed by atoms with Crippen LogP contribution in [0.4, 0.5) is 16.3 Å². The number of aryl methyl sites for hydroxylation is 1. The number of H-pyrrole nitrogens is 1. The predicted octanol–water partition coefficient (Wildman–Crippen LogP) is 5.05. The number of aromatic nitrogens is 4. The number of nitrogens with one attached hydrogen (secondary N) is 3. The van der Waals surface area contributed by atoms with Crippen molar-refractivity contribution >= 4 is 17.5 Å². The fourth-order valence-corrected chi connectivity index (χ4v) is 4.24. The second-order valence-electron chi connectivity index (χ2n) is 9.77. The van der Waals surface area contributed by atoms with Crippen LogP contribution in [0, 0.1) is 0 Å². The number of amides is 2. The van der Waals surface area contributed by atoms with E-state index in [1.165, 1.54) is 10.2 Å². The zero-order valence-corrected chi connectivity index (χ0v) is 20.1. The highest BCUT2D eigenvalue weighted by Gasteiger charge is 2.21. The minimum Gasteiger partial charge on any atom is -0.308 e. The molecule has 0 fully saturated rings. The van der Waals surface area contributed by atoms with Crippen molar-refractivity contribution in [1.82, 2.24) is 19.7 Å². The van der Waals surface area contributed by atoms with E-state index in [1.54, 1.807) is 6.07 Å². The molecule has 3 N–H and O–H groups in total. The number of carbonyl (C=O) groups is 1. The van der Waals surface area contributed by atoms with E-state index in [0.29, 0.717) is 17.2 Å². The SMILES string of the molecule is CC(C)(C)c1ccc(NC(=O)Nc2cc(-c3ccccc3)nn2-c2nc3c(c(=O)[nH]2)CCC3)cc1. The highest BCUT2D eigenvalue weighted by molar-refractivity contribution is 5.99. The van der Waals surface area contributed by atoms with Gasteiger partial charge in [-0.2, -0.15) is 9.78 Å². The zero-order chi connectivity index (χ0) is 24.6. The Kier molecular flexibility index (Phi) is 5.72. The van der Waals surface area contributed by atoms with Crippen LogP contribution < -0.4 is 16.2 Å². The maximum Gasteiger partial charge on any atom is 0.324 e. The molecule has 5 rings (SSSR count). The average Bonchev–Trinajstić information content (AvgIpc) is 3.47. The molecule has 0 unspecified atom stereocenters. The van der Waals surface area contributed by atoms with Gasteiger partial charge in [-0.1, -0.05) is 63.2 Å². The fourth-order valence-electron chi connectivity index (χ4n) is 4.24. The molecule has 1 aliphatic rings. The first-order chi connectivity index (χ1) is 16.8. The monoisotopic (exact) mass is 468 g/mol. The standard InChI is InChI=1S/C27H28N6O2/c1-27(2,3)18-12-14-19(15-13-18)28-26(35)30-23-16-22(17-8-5-4-6-9-17)32-33(23)25-29-21-11-7-10-20(21)24(34)31-25/h4-6,8-9,12-16H,7,10-11H2,1-3H3,(H2,28,30,35)(H,29,31,34). The van der Waals surface area contributed by atoms with Gasteiger partial charge in [-0.15, -0.1) is 0 Å². The molecule has 0 saturated heterocycles. The number of nitrogens with zero attached hydrogens (tertiary/aromatic N) is 3. The molecule has 0 aliphatic heterocycles. The summed E-state index contributed by atoms with van der Waals surface area (Å²) in [6.07, 6.45) is 2.39. The maximum atomic E-state index is 12.9. The molecule has 8 heteroatoms. The number of aromatic amines is 1. The predicted molar refractivity (Wildman–Crippen MR) is 137 cm³/mol. The first-order valence-corrected chi connectivity index (χ1v) is 11.7. The summed E-state index contributed by atoms with van der Waals surface area (Å²) in [7, 11) is 0. The summed E-state index contributed by atoms with van der Waals surface area (Å²) in [5, 5.41) is 10.4. The molecule has 0 bridgehead atoms. The second kappa shape index (κ2) is 8.87. The van der Waals surface area contributed by atoms with Gasteiger partial charge in [-0.3, -0.25) is 15.1 Å². The molecule has 178 valence electrons. The molecule has 0 atom stereocenters. The van der Waals surface area contributed by atoms with Crippen molar-refractivity contribution in [2.45, 2.75) is 45.4 Å². The fraction of sp³-hybridized carbons (Fsp3) is 0.259. The molecule has 2 amide bonds. The van der Waals surface area contributed by atoms with Crippen molar-refractivity contribution in [2.24, 2.45) is 0 Å². The Morgan fingerprint density at radius 2 is 1.74 bits per heavy atom. The lowest BCUT2D eigenvalue weighted by Gasteiger charge is -2.19. The molecular formula is C27H28N6O2. The second-order valence-corrected chi connectivity index (χ2v) is 9.77. The van der Waals surface area contributed by atoms with E-state index in [0.717, 1.165) is 36.1 Å². The molecule has 0 spiro atoms. The third-order valence-corrected chi connectivity index (χ3v) is 6.16. The number of hydrogen-bond donors (Lipinski definition) is 3. The van der Waals surface area contributed by atoms with Crippen molar-refractivity contribution in [2.75, 3.05) is 10.6 Å². The molecule has 4 aromatic rings. The van der Waals surface area contributed by atoms with Gasteiger partial charge < -0.3 is 5.32 Å². The Hall–Kier alpha value is -4.20. The van der Waals surface area contributed by atoms with Gasteiger partial charge in [0.15, 0.2) is 0 Å². The normalized spacial score (nSPS) is 12.9. The Morgan fingerprint density at radius 1 is 1.00 bits per heavy atom. The first kappa shape index (κ1) is 22.6. The molecular weight excluding hydrogens is 440 g/mol. The van der Waals surface area contributed by atoms with E-state index in [4.69, 9.17) is 0 Å². The smallest absolute Gasteiger partial charge is 0.308 e. The van der Waals surface area contributed by atoms with E-state index in [2.05, 4.69) is 46.5 Å². The first-order valence-electron chi connectivity index (χ1n) is 11.7. The maximum absolute atomic E-state index is 12.9. The van der Waals surface area contributed by atoms with E-state index in [1.807, 2.05) is 54.6 Å². The minimum atomic E-state index is -0.419. The molecule has 0 saturated carbocycles. The Labute approximate surface area is 203 Å². The van der Waals surface area contributed by atoms with E-state index in [-0.39, 0.29) is 16.9 Å². The molecule has 0 radical (unpaired) electrons. The van der Waals surface area contributed by atoms with Crippen LogP contribution in [0.1, 0.15) is 44.0 Å². The van der Waals surface area contributed by atoms with Gasteiger partial charge in [0.05, 0.1) is 11.4 Å². The third-order valence-electron chi connectivity index (χ3n) is 6.16. The van der Waals surface area contributed by atoms with Crippen molar-refractivity contribution in [1.29, 1.82) is 0 Å². The molecule has 2 heterocycles. The summed E-state index contributed by atoms with van der Waals surface area (Å²) in [6, 6.07) is 18.8. The summed E-state index contributed by atoms with van der Waals surface area (Å²) in [6.45, 7) is 6.43. The van der Waals surface area contributed by atoms with Crippen LogP contribution in [0.2, 0.25) is 0 Å². The quantitative estimate of drug-likeness (QED) is 0.390. The summed E-state index contributed by atoms with van der Waals surface area (Å²) in [5.41, 5.74) is 4.78. The summed E-state index contributed by atoms with van der Waals surface area (Å²) >= 11 is 0. The Bertz CT molecular complexity index is 1430. The van der Waals surface area contributed by atoms with Crippen molar-refractivity contribution in [3.05, 3.63) is 87.8 Å². The van der Waals surface area contributed by atoms with Crippen molar-refractivity contribution < 1.29 is 4.79 Å². The Balaban J connectivity index is 1.46. The largest absolute Gasteiger partial charge is 0.324 e. The summed E-state index contributed by atoms with van der Waals surface area (Å²) in [5.74, 6) is 0.677. The van der Waals surface area contributed by atoms with Crippen LogP contribution in [0.15, 0.2) is 65.5 Å². The number of carbonyl (C=O) groups excluding carboxylic acids is 1. The lowest BCUT2D eigenvalue weighted by Crippen LogP contribution is -2.23. The molecule has 2 aromatic heterocycles. The number of rotatable bonds is 4. The van der Waals surface area contributed by atoms with E-state index < -0.39 is 6.03 Å². The molecule has 2 aromatic carbocycles. The van der Waals surface area contributed by atoms with E-state index in [9.17, 15) is 9.59 Å². The molecule has 8 nitrogen and oxygen atoms in total. The van der Waals surface area contributed by atoms with Crippen LogP contribution in [-0.4, -0.2) is 25.8 Å². The lowest BCUT2D eigenvalue weighted by molar-refractivity contribution is 0.262. The van der Waals surface area contributed by atoms with Crippen LogP contribution in [0.25, 0.3) is 17.2 Å². The van der Waals surface area contributed by atoms with Crippen LogP contribution in [-0.2, 0) is 18.3 Å². The number of hydrogen-bond acceptors (Lipinski definition) is 4. The highest BCUT2D eigenvalue weighted by atomic mass is 16.2. The minimum absolute atomic E-state index is 0.0287. The van der Waals surface area contributed by atoms with Gasteiger partial charge in [0.25, 0.3) is 5.56 Å². The number of benzene rings is 2. The van der Waals surface area contributed by atoms with E-state index >= 15 is 0 Å². The van der Waals surface area contributed by atoms with Gasteiger partial charge in [-0.25, -0.2) is 9.78 Å². The zero-order valence-electron chi connectivity index (χ0n) is 20.1. The van der Waals surface area contributed by atoms with Crippen LogP contribution in [0.5, 0.6) is 0 Å². The van der Waals surface area contributed by atoms with Gasteiger partial charge in [0.2, 0.25) is 5.95 Å². The average molecular weight is 469 g/mol. The van der Waals surface area contributed by atoms with Gasteiger partial charge in [0.1, 0.15) is 5.82 Å². The molecule has 35 heavy (non-hydrogen) atoms.